The van der Waals surface area contributed by atoms with Gasteiger partial charge in [0, 0.05) is 17.8 Å². The van der Waals surface area contributed by atoms with Gasteiger partial charge in [0.2, 0.25) is 0 Å². The third-order valence-corrected chi connectivity index (χ3v) is 3.34. The highest BCUT2D eigenvalue weighted by Crippen LogP contribution is 2.25. The summed E-state index contributed by atoms with van der Waals surface area (Å²) in [4.78, 5) is 12.2. The van der Waals surface area contributed by atoms with Crippen LogP contribution in [-0.2, 0) is 13.0 Å². The first kappa shape index (κ1) is 11.8. The van der Waals surface area contributed by atoms with E-state index in [-0.39, 0.29) is 5.91 Å². The van der Waals surface area contributed by atoms with E-state index in [1.54, 1.807) is 6.26 Å². The number of fused-ring (bicyclic) bond motifs is 1. The van der Waals surface area contributed by atoms with Crippen LogP contribution in [0.15, 0.2) is 41.0 Å². The number of furan rings is 1. The molecule has 2 aromatic rings. The average Bonchev–Trinajstić information content (AvgIpc) is 2.97. The Morgan fingerprint density at radius 2 is 2.26 bits per heavy atom. The molecule has 98 valence electrons. The van der Waals surface area contributed by atoms with Crippen LogP contribution in [0.4, 0.5) is 5.69 Å². The normalized spacial score (nSPS) is 13.5. The van der Waals surface area contributed by atoms with Gasteiger partial charge in [-0.05, 0) is 42.7 Å². The number of benzene rings is 1. The molecule has 2 N–H and O–H groups in total. The summed E-state index contributed by atoms with van der Waals surface area (Å²) in [6, 6.07) is 9.48. The third kappa shape index (κ3) is 2.47. The van der Waals surface area contributed by atoms with Crippen LogP contribution in [0.5, 0.6) is 0 Å². The summed E-state index contributed by atoms with van der Waals surface area (Å²) in [5, 5.41) is 6.22. The van der Waals surface area contributed by atoms with Crippen molar-refractivity contribution >= 4 is 11.6 Å². The Bertz CT molecular complexity index is 576. The molecule has 1 amide bonds. The molecule has 0 radical (unpaired) electrons. The van der Waals surface area contributed by atoms with Gasteiger partial charge in [-0.3, -0.25) is 4.79 Å². The van der Waals surface area contributed by atoms with E-state index in [9.17, 15) is 4.79 Å². The summed E-state index contributed by atoms with van der Waals surface area (Å²) < 4.78 is 5.21. The van der Waals surface area contributed by atoms with Gasteiger partial charge in [-0.1, -0.05) is 6.07 Å². The SMILES string of the molecule is O=C(NCc1ccco1)c1cccc2c1CCCN2. The van der Waals surface area contributed by atoms with E-state index in [2.05, 4.69) is 10.6 Å². The lowest BCUT2D eigenvalue weighted by Gasteiger charge is -2.20. The first-order chi connectivity index (χ1) is 9.34. The molecule has 1 aromatic carbocycles. The van der Waals surface area contributed by atoms with Crippen LogP contribution in [0.25, 0.3) is 0 Å². The maximum absolute atomic E-state index is 12.2. The molecule has 0 bridgehead atoms. The van der Waals surface area contributed by atoms with Gasteiger partial charge < -0.3 is 15.1 Å². The van der Waals surface area contributed by atoms with Gasteiger partial charge in [-0.25, -0.2) is 0 Å². The number of anilines is 1. The molecule has 0 spiro atoms. The zero-order valence-electron chi connectivity index (χ0n) is 10.6. The Morgan fingerprint density at radius 1 is 1.32 bits per heavy atom. The summed E-state index contributed by atoms with van der Waals surface area (Å²) in [6.45, 7) is 1.40. The van der Waals surface area contributed by atoms with Gasteiger partial charge in [0.1, 0.15) is 5.76 Å². The molecule has 0 fully saturated rings. The number of carbonyl (C=O) groups excluding carboxylic acids is 1. The fourth-order valence-corrected chi connectivity index (χ4v) is 2.40. The van der Waals surface area contributed by atoms with Crippen molar-refractivity contribution in [2.24, 2.45) is 0 Å². The molecule has 2 heterocycles. The predicted octanol–water partition coefficient (Wildman–Crippen LogP) is 2.57. The zero-order valence-corrected chi connectivity index (χ0v) is 10.6. The molecule has 0 atom stereocenters. The number of carbonyl (C=O) groups is 1. The standard InChI is InChI=1S/C15H16N2O2/c18-15(17-10-11-4-3-9-19-11)13-5-1-7-14-12(13)6-2-8-16-14/h1,3-5,7,9,16H,2,6,8,10H2,(H,17,18). The van der Waals surface area contributed by atoms with Gasteiger partial charge in [-0.15, -0.1) is 0 Å². The Labute approximate surface area is 111 Å². The largest absolute Gasteiger partial charge is 0.467 e. The predicted molar refractivity (Wildman–Crippen MR) is 73.1 cm³/mol. The number of nitrogens with one attached hydrogen (secondary N) is 2. The van der Waals surface area contributed by atoms with Crippen molar-refractivity contribution in [1.29, 1.82) is 0 Å². The highest BCUT2D eigenvalue weighted by Gasteiger charge is 2.17. The monoisotopic (exact) mass is 256 g/mol. The number of rotatable bonds is 3. The third-order valence-electron chi connectivity index (χ3n) is 3.34. The maximum atomic E-state index is 12.2. The molecular weight excluding hydrogens is 240 g/mol. The number of amides is 1. The second-order valence-electron chi connectivity index (χ2n) is 4.62. The highest BCUT2D eigenvalue weighted by atomic mass is 16.3. The molecular formula is C15H16N2O2. The topological polar surface area (TPSA) is 54.3 Å². The lowest BCUT2D eigenvalue weighted by atomic mass is 9.97. The Kier molecular flexibility index (Phi) is 3.23. The van der Waals surface area contributed by atoms with Gasteiger partial charge >= 0.3 is 0 Å². The molecule has 19 heavy (non-hydrogen) atoms. The molecule has 4 nitrogen and oxygen atoms in total. The van der Waals surface area contributed by atoms with Crippen LogP contribution in [0, 0.1) is 0 Å². The first-order valence-corrected chi connectivity index (χ1v) is 6.51. The summed E-state index contributed by atoms with van der Waals surface area (Å²) in [6.07, 6.45) is 3.62. The van der Waals surface area contributed by atoms with Crippen LogP contribution in [-0.4, -0.2) is 12.5 Å². The van der Waals surface area contributed by atoms with E-state index in [4.69, 9.17) is 4.42 Å². The Balaban J connectivity index is 1.76. The van der Waals surface area contributed by atoms with Crippen molar-refractivity contribution in [3.05, 3.63) is 53.5 Å². The van der Waals surface area contributed by atoms with Crippen LogP contribution in [0.1, 0.15) is 28.1 Å². The first-order valence-electron chi connectivity index (χ1n) is 6.51. The molecule has 1 aromatic heterocycles. The van der Waals surface area contributed by atoms with Crippen molar-refractivity contribution in [3.63, 3.8) is 0 Å². The van der Waals surface area contributed by atoms with Crippen LogP contribution in [0.3, 0.4) is 0 Å². The molecule has 4 heteroatoms. The summed E-state index contributed by atoms with van der Waals surface area (Å²) in [7, 11) is 0. The molecule has 1 aliphatic heterocycles. The number of hydrogen-bond donors (Lipinski definition) is 2. The van der Waals surface area contributed by atoms with Crippen molar-refractivity contribution in [1.82, 2.24) is 5.32 Å². The molecule has 1 aliphatic rings. The minimum absolute atomic E-state index is 0.0445. The smallest absolute Gasteiger partial charge is 0.252 e. The second-order valence-corrected chi connectivity index (χ2v) is 4.62. The van der Waals surface area contributed by atoms with Gasteiger partial charge in [0.15, 0.2) is 0 Å². The summed E-state index contributed by atoms with van der Waals surface area (Å²) >= 11 is 0. The van der Waals surface area contributed by atoms with Gasteiger partial charge in [0.25, 0.3) is 5.91 Å². The van der Waals surface area contributed by atoms with E-state index in [0.29, 0.717) is 6.54 Å². The fraction of sp³-hybridized carbons (Fsp3) is 0.267. The zero-order chi connectivity index (χ0) is 13.1. The molecule has 3 rings (SSSR count). The fourth-order valence-electron chi connectivity index (χ4n) is 2.40. The quantitative estimate of drug-likeness (QED) is 0.887. The van der Waals surface area contributed by atoms with E-state index in [1.165, 1.54) is 0 Å². The van der Waals surface area contributed by atoms with Crippen molar-refractivity contribution in [3.8, 4) is 0 Å². The van der Waals surface area contributed by atoms with E-state index >= 15 is 0 Å². The minimum atomic E-state index is -0.0445. The van der Waals surface area contributed by atoms with Gasteiger partial charge in [-0.2, -0.15) is 0 Å². The van der Waals surface area contributed by atoms with Gasteiger partial charge in [0.05, 0.1) is 12.8 Å². The number of hydrogen-bond acceptors (Lipinski definition) is 3. The molecule has 0 aliphatic carbocycles. The minimum Gasteiger partial charge on any atom is -0.467 e. The average molecular weight is 256 g/mol. The lowest BCUT2D eigenvalue weighted by Crippen LogP contribution is -2.25. The van der Waals surface area contributed by atoms with Crippen LogP contribution >= 0.6 is 0 Å². The van der Waals surface area contributed by atoms with E-state index in [1.807, 2.05) is 30.3 Å². The van der Waals surface area contributed by atoms with E-state index in [0.717, 1.165) is 42.0 Å². The van der Waals surface area contributed by atoms with Crippen molar-refractivity contribution in [2.45, 2.75) is 19.4 Å². The van der Waals surface area contributed by atoms with E-state index < -0.39 is 0 Å². The molecule has 0 saturated heterocycles. The maximum Gasteiger partial charge on any atom is 0.252 e. The Morgan fingerprint density at radius 3 is 3.11 bits per heavy atom. The summed E-state index contributed by atoms with van der Waals surface area (Å²) in [5.41, 5.74) is 2.96. The van der Waals surface area contributed by atoms with Crippen LogP contribution in [0.2, 0.25) is 0 Å². The Hall–Kier alpha value is -2.23. The highest BCUT2D eigenvalue weighted by molar-refractivity contribution is 5.97. The molecule has 0 saturated carbocycles. The second kappa shape index (κ2) is 5.18. The van der Waals surface area contributed by atoms with Crippen molar-refractivity contribution < 1.29 is 9.21 Å². The summed E-state index contributed by atoms with van der Waals surface area (Å²) in [5.74, 6) is 0.716. The van der Waals surface area contributed by atoms with Crippen LogP contribution < -0.4 is 10.6 Å². The van der Waals surface area contributed by atoms with Crippen molar-refractivity contribution in [2.75, 3.05) is 11.9 Å². The molecule has 0 unspecified atom stereocenters. The lowest BCUT2D eigenvalue weighted by molar-refractivity contribution is 0.0947.